The number of halogens is 3. The number of rotatable bonds is 5. The number of aryl methyl sites for hydroxylation is 1. The van der Waals surface area contributed by atoms with Gasteiger partial charge in [-0.2, -0.15) is 13.2 Å². The van der Waals surface area contributed by atoms with E-state index >= 15 is 0 Å². The molecule has 0 aliphatic carbocycles. The van der Waals surface area contributed by atoms with E-state index in [0.717, 1.165) is 6.07 Å². The van der Waals surface area contributed by atoms with E-state index in [1.807, 2.05) is 0 Å². The number of carbonyl (C=O) groups is 1. The average Bonchev–Trinajstić information content (AvgIpc) is 2.93. The first-order chi connectivity index (χ1) is 11.1. The molecule has 130 valence electrons. The van der Waals surface area contributed by atoms with Gasteiger partial charge in [-0.1, -0.05) is 0 Å². The zero-order valence-corrected chi connectivity index (χ0v) is 12.6. The van der Waals surface area contributed by atoms with Crippen molar-refractivity contribution in [3.05, 3.63) is 57.9 Å². The highest BCUT2D eigenvalue weighted by Crippen LogP contribution is 2.41. The van der Waals surface area contributed by atoms with Gasteiger partial charge in [0.15, 0.2) is 0 Å². The molecule has 2 rings (SSSR count). The molecule has 0 spiro atoms. The molecule has 24 heavy (non-hydrogen) atoms. The Bertz CT molecular complexity index is 781. The Morgan fingerprint density at radius 1 is 1.33 bits per heavy atom. The summed E-state index contributed by atoms with van der Waals surface area (Å²) in [5.74, 6) is -1.27. The van der Waals surface area contributed by atoms with Crippen LogP contribution in [0.15, 0.2) is 39.7 Å². The number of aromatic nitrogens is 1. The van der Waals surface area contributed by atoms with Gasteiger partial charge in [-0.3, -0.25) is 9.59 Å². The maximum Gasteiger partial charge on any atom is 0.424 e. The summed E-state index contributed by atoms with van der Waals surface area (Å²) in [6, 6.07) is 4.98. The lowest BCUT2D eigenvalue weighted by Crippen LogP contribution is -2.45. The standard InChI is InChI=1S/C15H15F3N2O4/c1-9-4-5-11(24-9)14(23,15(16,17)18)6-8-20-13(22)10-3-2-7-19-12(10)21/h2-5,7,23H,6,8H2,1H3,(H,19,21)(H,20,22). The highest BCUT2D eigenvalue weighted by Gasteiger charge is 2.56. The van der Waals surface area contributed by atoms with Gasteiger partial charge in [-0.15, -0.1) is 0 Å². The molecule has 0 bridgehead atoms. The fraction of sp³-hybridized carbons (Fsp3) is 0.333. The van der Waals surface area contributed by atoms with Crippen molar-refractivity contribution < 1.29 is 27.5 Å². The van der Waals surface area contributed by atoms with Gasteiger partial charge in [0.2, 0.25) is 5.60 Å². The summed E-state index contributed by atoms with van der Waals surface area (Å²) in [4.78, 5) is 25.5. The Balaban J connectivity index is 2.11. The van der Waals surface area contributed by atoms with Crippen LogP contribution in [0.3, 0.4) is 0 Å². The van der Waals surface area contributed by atoms with E-state index in [2.05, 4.69) is 10.3 Å². The van der Waals surface area contributed by atoms with Gasteiger partial charge in [-0.05, 0) is 31.2 Å². The molecule has 0 saturated carbocycles. The third kappa shape index (κ3) is 3.51. The molecular formula is C15H15F3N2O4. The highest BCUT2D eigenvalue weighted by atomic mass is 19.4. The molecule has 1 amide bonds. The van der Waals surface area contributed by atoms with Crippen LogP contribution in [0.2, 0.25) is 0 Å². The van der Waals surface area contributed by atoms with Crippen molar-refractivity contribution in [3.8, 4) is 0 Å². The summed E-state index contributed by atoms with van der Waals surface area (Å²) in [6.45, 7) is 0.937. The minimum absolute atomic E-state index is 0.215. The Morgan fingerprint density at radius 3 is 2.58 bits per heavy atom. The number of hydrogen-bond acceptors (Lipinski definition) is 4. The van der Waals surface area contributed by atoms with Crippen molar-refractivity contribution in [2.24, 2.45) is 0 Å². The van der Waals surface area contributed by atoms with E-state index in [1.165, 1.54) is 31.3 Å². The van der Waals surface area contributed by atoms with E-state index in [4.69, 9.17) is 4.42 Å². The molecule has 6 nitrogen and oxygen atoms in total. The molecule has 9 heteroatoms. The topological polar surface area (TPSA) is 95.3 Å². The van der Waals surface area contributed by atoms with E-state index in [9.17, 15) is 27.9 Å². The van der Waals surface area contributed by atoms with Crippen LogP contribution in [0.25, 0.3) is 0 Å². The number of alkyl halides is 3. The van der Waals surface area contributed by atoms with Crippen LogP contribution in [-0.2, 0) is 5.60 Å². The van der Waals surface area contributed by atoms with Crippen molar-refractivity contribution in [1.82, 2.24) is 10.3 Å². The number of carbonyl (C=O) groups excluding carboxylic acids is 1. The molecule has 2 aromatic rings. The minimum atomic E-state index is -4.99. The summed E-state index contributed by atoms with van der Waals surface area (Å²) in [6.07, 6.45) is -4.53. The first kappa shape index (κ1) is 17.8. The monoisotopic (exact) mass is 344 g/mol. The van der Waals surface area contributed by atoms with Crippen LogP contribution in [0, 0.1) is 6.92 Å². The highest BCUT2D eigenvalue weighted by molar-refractivity contribution is 5.93. The Hall–Kier alpha value is -2.55. The van der Waals surface area contributed by atoms with E-state index in [0.29, 0.717) is 0 Å². The first-order valence-electron chi connectivity index (χ1n) is 6.97. The predicted octanol–water partition coefficient (Wildman–Crippen LogP) is 1.85. The largest absolute Gasteiger partial charge is 0.463 e. The molecule has 2 heterocycles. The van der Waals surface area contributed by atoms with Crippen molar-refractivity contribution in [3.63, 3.8) is 0 Å². The van der Waals surface area contributed by atoms with E-state index in [1.54, 1.807) is 0 Å². The molecule has 0 fully saturated rings. The van der Waals surface area contributed by atoms with Crippen LogP contribution < -0.4 is 10.9 Å². The summed E-state index contributed by atoms with van der Waals surface area (Å²) in [7, 11) is 0. The Kier molecular flexibility index (Phi) is 4.83. The van der Waals surface area contributed by atoms with Gasteiger partial charge < -0.3 is 19.8 Å². The third-order valence-electron chi connectivity index (χ3n) is 3.45. The zero-order chi connectivity index (χ0) is 18.0. The number of H-pyrrole nitrogens is 1. The number of nitrogens with one attached hydrogen (secondary N) is 2. The van der Waals surface area contributed by atoms with E-state index < -0.39 is 42.0 Å². The lowest BCUT2D eigenvalue weighted by molar-refractivity contribution is -0.274. The summed E-state index contributed by atoms with van der Waals surface area (Å²) in [5.41, 5.74) is -4.14. The number of hydrogen-bond donors (Lipinski definition) is 3. The van der Waals surface area contributed by atoms with Crippen LogP contribution in [0.1, 0.15) is 28.3 Å². The Labute approximate surface area is 134 Å². The van der Waals surface area contributed by atoms with Gasteiger partial charge in [0.1, 0.15) is 17.1 Å². The quantitative estimate of drug-likeness (QED) is 0.771. The molecule has 0 aliphatic heterocycles. The van der Waals surface area contributed by atoms with Crippen LogP contribution in [0.5, 0.6) is 0 Å². The summed E-state index contributed by atoms with van der Waals surface area (Å²) in [5, 5.41) is 12.2. The average molecular weight is 344 g/mol. The van der Waals surface area contributed by atoms with Crippen LogP contribution >= 0.6 is 0 Å². The zero-order valence-electron chi connectivity index (χ0n) is 12.6. The van der Waals surface area contributed by atoms with Crippen molar-refractivity contribution in [1.29, 1.82) is 0 Å². The van der Waals surface area contributed by atoms with Gasteiger partial charge in [-0.25, -0.2) is 0 Å². The second kappa shape index (κ2) is 6.52. The first-order valence-corrected chi connectivity index (χ1v) is 6.97. The molecule has 3 N–H and O–H groups in total. The molecule has 0 radical (unpaired) electrons. The second-order valence-electron chi connectivity index (χ2n) is 5.19. The predicted molar refractivity (Wildman–Crippen MR) is 77.4 cm³/mol. The fourth-order valence-electron chi connectivity index (χ4n) is 2.11. The van der Waals surface area contributed by atoms with Crippen molar-refractivity contribution in [2.45, 2.75) is 25.1 Å². The summed E-state index contributed by atoms with van der Waals surface area (Å²) < 4.78 is 44.6. The van der Waals surface area contributed by atoms with Gasteiger partial charge in [0.05, 0.1) is 0 Å². The lowest BCUT2D eigenvalue weighted by Gasteiger charge is -2.28. The number of aromatic amines is 1. The van der Waals surface area contributed by atoms with Crippen molar-refractivity contribution in [2.75, 3.05) is 6.54 Å². The normalized spacial score (nSPS) is 14.2. The van der Waals surface area contributed by atoms with Crippen molar-refractivity contribution >= 4 is 5.91 Å². The Morgan fingerprint density at radius 2 is 2.04 bits per heavy atom. The number of aliphatic hydroxyl groups is 1. The third-order valence-corrected chi connectivity index (χ3v) is 3.45. The molecule has 1 unspecified atom stereocenters. The molecule has 1 atom stereocenters. The SMILES string of the molecule is Cc1ccc(C(O)(CCNC(=O)c2ccc[nH]c2=O)C(F)(F)F)o1. The molecular weight excluding hydrogens is 329 g/mol. The molecule has 0 saturated heterocycles. The van der Waals surface area contributed by atoms with E-state index in [-0.39, 0.29) is 11.3 Å². The summed E-state index contributed by atoms with van der Waals surface area (Å²) >= 11 is 0. The number of amides is 1. The maximum atomic E-state index is 13.2. The van der Waals surface area contributed by atoms with Crippen LogP contribution in [-0.4, -0.2) is 28.7 Å². The molecule has 2 aromatic heterocycles. The molecule has 0 aromatic carbocycles. The minimum Gasteiger partial charge on any atom is -0.463 e. The van der Waals surface area contributed by atoms with Gasteiger partial charge in [0, 0.05) is 19.2 Å². The maximum absolute atomic E-state index is 13.2. The number of pyridine rings is 1. The molecule has 0 aliphatic rings. The lowest BCUT2D eigenvalue weighted by atomic mass is 9.95. The number of furan rings is 1. The van der Waals surface area contributed by atoms with Gasteiger partial charge in [0.25, 0.3) is 11.5 Å². The van der Waals surface area contributed by atoms with Gasteiger partial charge >= 0.3 is 6.18 Å². The smallest absolute Gasteiger partial charge is 0.424 e. The second-order valence-corrected chi connectivity index (χ2v) is 5.19. The fourth-order valence-corrected chi connectivity index (χ4v) is 2.11. The van der Waals surface area contributed by atoms with Crippen LogP contribution in [0.4, 0.5) is 13.2 Å².